The molecule has 114 valence electrons. The normalized spacial score (nSPS) is 11.2. The molecule has 4 aromatic rings. The lowest BCUT2D eigenvalue weighted by Crippen LogP contribution is -1.88. The van der Waals surface area contributed by atoms with Gasteiger partial charge in [0.25, 0.3) is 0 Å². The first-order valence-electron chi connectivity index (χ1n) is 7.08. The van der Waals surface area contributed by atoms with Crippen LogP contribution < -0.4 is 5.73 Å². The van der Waals surface area contributed by atoms with E-state index in [0.717, 1.165) is 32.6 Å². The zero-order valence-corrected chi connectivity index (χ0v) is 13.1. The van der Waals surface area contributed by atoms with Crippen LogP contribution in [0.4, 0.5) is 9.52 Å². The Labute approximate surface area is 135 Å². The van der Waals surface area contributed by atoms with Crippen molar-refractivity contribution in [3.05, 3.63) is 54.0 Å². The Bertz CT molecular complexity index is 1020. The smallest absolute Gasteiger partial charge is 0.181 e. The molecule has 0 saturated carbocycles. The number of fused-ring (bicyclic) bond motifs is 1. The third-order valence-corrected chi connectivity index (χ3v) is 4.71. The molecular formula is C17H13FN4S. The number of halogens is 1. The van der Waals surface area contributed by atoms with Crippen molar-refractivity contribution in [1.29, 1.82) is 0 Å². The fourth-order valence-corrected chi connectivity index (χ4v) is 3.45. The summed E-state index contributed by atoms with van der Waals surface area (Å²) in [5.74, 6) is -0.224. The minimum absolute atomic E-state index is 0.224. The number of nitrogens with one attached hydrogen (secondary N) is 1. The van der Waals surface area contributed by atoms with Crippen LogP contribution in [0.3, 0.4) is 0 Å². The SMILES string of the molecule is Cc1cc(-c2nc(N)sc2-c2ccc3[nH]ncc3c2)ccc1F. The fourth-order valence-electron chi connectivity index (χ4n) is 2.60. The molecule has 0 spiro atoms. The molecule has 23 heavy (non-hydrogen) atoms. The average Bonchev–Trinajstić information content (AvgIpc) is 3.15. The molecule has 0 unspecified atom stereocenters. The van der Waals surface area contributed by atoms with E-state index in [0.29, 0.717) is 10.7 Å². The zero-order valence-electron chi connectivity index (χ0n) is 12.3. The highest BCUT2D eigenvalue weighted by Gasteiger charge is 2.15. The first-order chi connectivity index (χ1) is 11.1. The molecule has 3 N–H and O–H groups in total. The van der Waals surface area contributed by atoms with Gasteiger partial charge < -0.3 is 5.73 Å². The van der Waals surface area contributed by atoms with Gasteiger partial charge in [0.05, 0.1) is 22.3 Å². The Morgan fingerprint density at radius 3 is 2.78 bits per heavy atom. The Morgan fingerprint density at radius 1 is 1.13 bits per heavy atom. The van der Waals surface area contributed by atoms with Crippen LogP contribution in [0.2, 0.25) is 0 Å². The van der Waals surface area contributed by atoms with E-state index in [1.807, 2.05) is 18.2 Å². The molecule has 0 aliphatic heterocycles. The Morgan fingerprint density at radius 2 is 1.96 bits per heavy atom. The van der Waals surface area contributed by atoms with E-state index in [2.05, 4.69) is 15.2 Å². The third-order valence-electron chi connectivity index (χ3n) is 3.78. The van der Waals surface area contributed by atoms with Crippen LogP contribution >= 0.6 is 11.3 Å². The second-order valence-electron chi connectivity index (χ2n) is 5.37. The van der Waals surface area contributed by atoms with Crippen molar-refractivity contribution in [1.82, 2.24) is 15.2 Å². The maximum atomic E-state index is 13.5. The van der Waals surface area contributed by atoms with Crippen LogP contribution in [-0.4, -0.2) is 15.2 Å². The second kappa shape index (κ2) is 5.17. The Kier molecular flexibility index (Phi) is 3.12. The number of aromatic nitrogens is 3. The van der Waals surface area contributed by atoms with Crippen LogP contribution in [0.5, 0.6) is 0 Å². The summed E-state index contributed by atoms with van der Waals surface area (Å²) in [5.41, 5.74) is 10.2. The van der Waals surface area contributed by atoms with Crippen molar-refractivity contribution in [3.8, 4) is 21.7 Å². The van der Waals surface area contributed by atoms with Gasteiger partial charge >= 0.3 is 0 Å². The van der Waals surface area contributed by atoms with Crippen molar-refractivity contribution >= 4 is 27.4 Å². The third kappa shape index (κ3) is 2.37. The lowest BCUT2D eigenvalue weighted by molar-refractivity contribution is 0.619. The van der Waals surface area contributed by atoms with E-state index in [1.54, 1.807) is 25.3 Å². The van der Waals surface area contributed by atoms with Crippen molar-refractivity contribution in [2.24, 2.45) is 0 Å². The molecule has 0 radical (unpaired) electrons. The summed E-state index contributed by atoms with van der Waals surface area (Å²) in [6.45, 7) is 1.74. The highest BCUT2D eigenvalue weighted by molar-refractivity contribution is 7.19. The van der Waals surface area contributed by atoms with Gasteiger partial charge in [-0.2, -0.15) is 5.10 Å². The highest BCUT2D eigenvalue weighted by Crippen LogP contribution is 2.39. The number of rotatable bonds is 2. The molecule has 0 fully saturated rings. The molecule has 0 aliphatic carbocycles. The molecule has 4 rings (SSSR count). The molecule has 0 atom stereocenters. The largest absolute Gasteiger partial charge is 0.375 e. The summed E-state index contributed by atoms with van der Waals surface area (Å²) >= 11 is 1.43. The number of nitrogens with zero attached hydrogens (tertiary/aromatic N) is 2. The molecule has 0 saturated heterocycles. The molecular weight excluding hydrogens is 311 g/mol. The Hall–Kier alpha value is -2.73. The summed E-state index contributed by atoms with van der Waals surface area (Å²) in [6, 6.07) is 11.0. The number of H-pyrrole nitrogens is 1. The average molecular weight is 324 g/mol. The van der Waals surface area contributed by atoms with Crippen LogP contribution in [0.1, 0.15) is 5.56 Å². The molecule has 0 bridgehead atoms. The second-order valence-corrected chi connectivity index (χ2v) is 6.40. The maximum Gasteiger partial charge on any atom is 0.181 e. The molecule has 4 nitrogen and oxygen atoms in total. The van der Waals surface area contributed by atoms with Crippen LogP contribution in [0.25, 0.3) is 32.6 Å². The number of anilines is 1. The summed E-state index contributed by atoms with van der Waals surface area (Å²) < 4.78 is 13.5. The Balaban J connectivity index is 1.90. The number of thiazole rings is 1. The lowest BCUT2D eigenvalue weighted by Gasteiger charge is -2.05. The zero-order chi connectivity index (χ0) is 16.0. The number of aromatic amines is 1. The predicted octanol–water partition coefficient (Wildman–Crippen LogP) is 4.38. The van der Waals surface area contributed by atoms with Gasteiger partial charge in [0, 0.05) is 10.9 Å². The van der Waals surface area contributed by atoms with E-state index in [9.17, 15) is 4.39 Å². The van der Waals surface area contributed by atoms with Crippen molar-refractivity contribution in [2.45, 2.75) is 6.92 Å². The van der Waals surface area contributed by atoms with Gasteiger partial charge in [-0.1, -0.05) is 17.4 Å². The molecule has 2 aromatic heterocycles. The van der Waals surface area contributed by atoms with E-state index < -0.39 is 0 Å². The lowest BCUT2D eigenvalue weighted by atomic mass is 10.0. The van der Waals surface area contributed by atoms with Gasteiger partial charge in [-0.15, -0.1) is 0 Å². The van der Waals surface area contributed by atoms with Gasteiger partial charge in [-0.3, -0.25) is 5.10 Å². The summed E-state index contributed by atoms with van der Waals surface area (Å²) in [7, 11) is 0. The minimum atomic E-state index is -0.224. The number of hydrogen-bond acceptors (Lipinski definition) is 4. The quantitative estimate of drug-likeness (QED) is 0.575. The first-order valence-corrected chi connectivity index (χ1v) is 7.90. The molecule has 2 heterocycles. The standard InChI is InChI=1S/C17H13FN4S/c1-9-6-10(2-4-13(9)18)15-16(23-17(19)21-15)11-3-5-14-12(7-11)8-20-22-14/h2-8H,1H3,(H2,19,21)(H,20,22). The monoisotopic (exact) mass is 324 g/mol. The van der Waals surface area contributed by atoms with E-state index in [-0.39, 0.29) is 5.82 Å². The van der Waals surface area contributed by atoms with Gasteiger partial charge in [0.2, 0.25) is 0 Å². The van der Waals surface area contributed by atoms with Gasteiger partial charge in [0.1, 0.15) is 5.82 Å². The van der Waals surface area contributed by atoms with Gasteiger partial charge in [-0.25, -0.2) is 9.37 Å². The van der Waals surface area contributed by atoms with Gasteiger partial charge in [0.15, 0.2) is 5.13 Å². The van der Waals surface area contributed by atoms with Crippen LogP contribution in [0.15, 0.2) is 42.6 Å². The van der Waals surface area contributed by atoms with Crippen molar-refractivity contribution in [3.63, 3.8) is 0 Å². The van der Waals surface area contributed by atoms with E-state index in [1.165, 1.54) is 17.4 Å². The number of hydrogen-bond donors (Lipinski definition) is 2. The highest BCUT2D eigenvalue weighted by atomic mass is 32.1. The van der Waals surface area contributed by atoms with Crippen LogP contribution in [-0.2, 0) is 0 Å². The summed E-state index contributed by atoms with van der Waals surface area (Å²) in [5, 5.41) is 8.49. The number of nitrogens with two attached hydrogens (primary N) is 1. The fraction of sp³-hybridized carbons (Fsp3) is 0.0588. The summed E-state index contributed by atoms with van der Waals surface area (Å²) in [4.78, 5) is 5.42. The number of nitrogen functional groups attached to an aromatic ring is 1. The van der Waals surface area contributed by atoms with Crippen molar-refractivity contribution < 1.29 is 4.39 Å². The van der Waals surface area contributed by atoms with Crippen LogP contribution in [0, 0.1) is 12.7 Å². The minimum Gasteiger partial charge on any atom is -0.375 e. The topological polar surface area (TPSA) is 67.6 Å². The van der Waals surface area contributed by atoms with E-state index in [4.69, 9.17) is 5.73 Å². The molecule has 6 heteroatoms. The number of benzene rings is 2. The van der Waals surface area contributed by atoms with Gasteiger partial charge in [-0.05, 0) is 48.4 Å². The first kappa shape index (κ1) is 13.9. The maximum absolute atomic E-state index is 13.5. The molecule has 2 aromatic carbocycles. The molecule has 0 amide bonds. The van der Waals surface area contributed by atoms with E-state index >= 15 is 0 Å². The number of aryl methyl sites for hydroxylation is 1. The predicted molar refractivity (Wildman–Crippen MR) is 91.7 cm³/mol. The summed E-state index contributed by atoms with van der Waals surface area (Å²) in [6.07, 6.45) is 1.78. The molecule has 0 aliphatic rings. The van der Waals surface area contributed by atoms with Crippen molar-refractivity contribution in [2.75, 3.05) is 5.73 Å².